The van der Waals surface area contributed by atoms with E-state index in [-0.39, 0.29) is 23.3 Å². The highest BCUT2D eigenvalue weighted by Gasteiger charge is 2.15. The van der Waals surface area contributed by atoms with Crippen LogP contribution in [0.15, 0.2) is 71.0 Å². The normalized spacial score (nSPS) is 10.5. The van der Waals surface area contributed by atoms with Crippen LogP contribution in [-0.4, -0.2) is 51.4 Å². The van der Waals surface area contributed by atoms with E-state index < -0.39 is 0 Å². The van der Waals surface area contributed by atoms with E-state index in [0.29, 0.717) is 16.3 Å². The Morgan fingerprint density at radius 3 is 1.55 bits per heavy atom. The van der Waals surface area contributed by atoms with Gasteiger partial charge in [-0.3, -0.25) is 9.59 Å². The lowest BCUT2D eigenvalue weighted by Gasteiger charge is -2.19. The van der Waals surface area contributed by atoms with Crippen LogP contribution in [0.2, 0.25) is 0 Å². The molecule has 0 aliphatic carbocycles. The molecule has 10 heteroatoms. The SMILES string of the molecule is CCN(CC)c1nc(SCC(=O)Nc2ccccc2)nc(SCC(=O)Nc2ccccc2)n1. The predicted molar refractivity (Wildman–Crippen MR) is 135 cm³/mol. The molecule has 172 valence electrons. The fourth-order valence-electron chi connectivity index (χ4n) is 2.80. The third kappa shape index (κ3) is 8.07. The van der Waals surface area contributed by atoms with E-state index in [1.165, 1.54) is 23.5 Å². The smallest absolute Gasteiger partial charge is 0.234 e. The van der Waals surface area contributed by atoms with E-state index in [9.17, 15) is 9.59 Å². The summed E-state index contributed by atoms with van der Waals surface area (Å²) >= 11 is 2.47. The Labute approximate surface area is 202 Å². The van der Waals surface area contributed by atoms with Gasteiger partial charge in [-0.2, -0.15) is 15.0 Å². The minimum atomic E-state index is -0.146. The zero-order valence-corrected chi connectivity index (χ0v) is 20.2. The summed E-state index contributed by atoms with van der Waals surface area (Å²) in [5.41, 5.74) is 1.48. The van der Waals surface area contributed by atoms with E-state index in [0.717, 1.165) is 24.5 Å². The first kappa shape index (κ1) is 24.5. The number of hydrogen-bond donors (Lipinski definition) is 2. The van der Waals surface area contributed by atoms with Gasteiger partial charge in [-0.1, -0.05) is 59.9 Å². The van der Waals surface area contributed by atoms with Gasteiger partial charge in [-0.25, -0.2) is 0 Å². The molecule has 0 bridgehead atoms. The van der Waals surface area contributed by atoms with Gasteiger partial charge < -0.3 is 15.5 Å². The van der Waals surface area contributed by atoms with Crippen molar-refractivity contribution in [1.29, 1.82) is 0 Å². The summed E-state index contributed by atoms with van der Waals surface area (Å²) in [4.78, 5) is 40.1. The lowest BCUT2D eigenvalue weighted by Crippen LogP contribution is -2.25. The maximum atomic E-state index is 12.3. The predicted octanol–water partition coefficient (Wildman–Crippen LogP) is 4.18. The van der Waals surface area contributed by atoms with E-state index in [1.807, 2.05) is 79.4 Å². The second-order valence-corrected chi connectivity index (χ2v) is 8.66. The molecule has 0 aliphatic rings. The van der Waals surface area contributed by atoms with Gasteiger partial charge in [-0.05, 0) is 38.1 Å². The molecule has 8 nitrogen and oxygen atoms in total. The van der Waals surface area contributed by atoms with Crippen LogP contribution in [0.3, 0.4) is 0 Å². The lowest BCUT2D eigenvalue weighted by molar-refractivity contribution is -0.114. The van der Waals surface area contributed by atoms with Crippen molar-refractivity contribution < 1.29 is 9.59 Å². The van der Waals surface area contributed by atoms with Crippen molar-refractivity contribution in [3.63, 3.8) is 0 Å². The summed E-state index contributed by atoms with van der Waals surface area (Å²) in [6, 6.07) is 18.6. The zero-order valence-electron chi connectivity index (χ0n) is 18.5. The number of nitrogens with zero attached hydrogens (tertiary/aromatic N) is 4. The number of thioether (sulfide) groups is 2. The van der Waals surface area contributed by atoms with Gasteiger partial charge in [0.1, 0.15) is 0 Å². The number of anilines is 3. The molecule has 0 saturated carbocycles. The third-order valence-electron chi connectivity index (χ3n) is 4.41. The first-order chi connectivity index (χ1) is 16.1. The molecule has 3 aromatic rings. The molecule has 1 aromatic heterocycles. The van der Waals surface area contributed by atoms with Crippen LogP contribution in [0.25, 0.3) is 0 Å². The number of aromatic nitrogens is 3. The quantitative estimate of drug-likeness (QED) is 0.393. The van der Waals surface area contributed by atoms with Crippen molar-refractivity contribution in [2.24, 2.45) is 0 Å². The molecule has 2 amide bonds. The van der Waals surface area contributed by atoms with Gasteiger partial charge in [-0.15, -0.1) is 0 Å². The second-order valence-electron chi connectivity index (χ2n) is 6.78. The Bertz CT molecular complexity index is 974. The maximum Gasteiger partial charge on any atom is 0.234 e. The highest BCUT2D eigenvalue weighted by molar-refractivity contribution is 8.00. The zero-order chi connectivity index (χ0) is 23.5. The topological polar surface area (TPSA) is 100 Å². The molecule has 33 heavy (non-hydrogen) atoms. The number of amides is 2. The van der Waals surface area contributed by atoms with Gasteiger partial charge in [0, 0.05) is 24.5 Å². The molecule has 1 heterocycles. The second kappa shape index (κ2) is 12.8. The highest BCUT2D eigenvalue weighted by Crippen LogP contribution is 2.22. The molecule has 0 radical (unpaired) electrons. The van der Waals surface area contributed by atoms with E-state index >= 15 is 0 Å². The molecule has 0 unspecified atom stereocenters. The molecule has 2 N–H and O–H groups in total. The molecule has 0 fully saturated rings. The fourth-order valence-corrected chi connectivity index (χ4v) is 4.12. The van der Waals surface area contributed by atoms with Crippen molar-refractivity contribution in [3.8, 4) is 0 Å². The Balaban J connectivity index is 1.65. The summed E-state index contributed by atoms with van der Waals surface area (Å²) in [6.07, 6.45) is 0. The Hall–Kier alpha value is -3.11. The van der Waals surface area contributed by atoms with Crippen LogP contribution in [0.1, 0.15) is 13.8 Å². The minimum Gasteiger partial charge on any atom is -0.341 e. The molecule has 0 aliphatic heterocycles. The van der Waals surface area contributed by atoms with Gasteiger partial charge >= 0.3 is 0 Å². The van der Waals surface area contributed by atoms with Gasteiger partial charge in [0.05, 0.1) is 11.5 Å². The third-order valence-corrected chi connectivity index (χ3v) is 6.10. The van der Waals surface area contributed by atoms with Crippen LogP contribution >= 0.6 is 23.5 Å². The summed E-state index contributed by atoms with van der Waals surface area (Å²) in [5, 5.41) is 6.59. The number of rotatable bonds is 11. The van der Waals surface area contributed by atoms with Crippen molar-refractivity contribution in [2.45, 2.75) is 24.2 Å². The molecular weight excluding hydrogens is 456 g/mol. The van der Waals surface area contributed by atoms with Crippen LogP contribution < -0.4 is 15.5 Å². The van der Waals surface area contributed by atoms with Crippen LogP contribution in [0, 0.1) is 0 Å². The molecule has 2 aromatic carbocycles. The largest absolute Gasteiger partial charge is 0.341 e. The Kier molecular flexibility index (Phi) is 9.52. The molecule has 0 atom stereocenters. The lowest BCUT2D eigenvalue weighted by atomic mass is 10.3. The molecular formula is C23H26N6O2S2. The van der Waals surface area contributed by atoms with Crippen LogP contribution in [0.5, 0.6) is 0 Å². The number of benzene rings is 2. The average molecular weight is 483 g/mol. The Morgan fingerprint density at radius 2 is 1.15 bits per heavy atom. The standard InChI is InChI=1S/C23H26N6O2S2/c1-3-29(4-2)21-26-22(32-15-19(30)24-17-11-7-5-8-12-17)28-23(27-21)33-16-20(31)25-18-13-9-6-10-14-18/h5-14H,3-4,15-16H2,1-2H3,(H,24,30)(H,25,31). The number of carbonyl (C=O) groups excluding carboxylic acids is 2. The van der Waals surface area contributed by atoms with Crippen molar-refractivity contribution in [2.75, 3.05) is 40.1 Å². The van der Waals surface area contributed by atoms with Crippen molar-refractivity contribution in [1.82, 2.24) is 15.0 Å². The molecule has 0 saturated heterocycles. The van der Waals surface area contributed by atoms with Crippen molar-refractivity contribution >= 4 is 52.7 Å². The first-order valence-electron chi connectivity index (χ1n) is 10.5. The first-order valence-corrected chi connectivity index (χ1v) is 12.5. The number of hydrogen-bond acceptors (Lipinski definition) is 8. The fraction of sp³-hybridized carbons (Fsp3) is 0.261. The summed E-state index contributed by atoms with van der Waals surface area (Å²) in [6.45, 7) is 5.51. The van der Waals surface area contributed by atoms with E-state index in [1.54, 1.807) is 0 Å². The number of carbonyl (C=O) groups is 2. The van der Waals surface area contributed by atoms with E-state index in [4.69, 9.17) is 0 Å². The average Bonchev–Trinajstić information content (AvgIpc) is 2.83. The summed E-state index contributed by atoms with van der Waals surface area (Å²) < 4.78 is 0. The van der Waals surface area contributed by atoms with E-state index in [2.05, 4.69) is 25.6 Å². The van der Waals surface area contributed by atoms with Crippen LogP contribution in [0.4, 0.5) is 17.3 Å². The highest BCUT2D eigenvalue weighted by atomic mass is 32.2. The summed E-state index contributed by atoms with van der Waals surface area (Å²) in [7, 11) is 0. The summed E-state index contributed by atoms with van der Waals surface area (Å²) in [5.74, 6) is 0.566. The molecule has 3 rings (SSSR count). The van der Waals surface area contributed by atoms with Gasteiger partial charge in [0.25, 0.3) is 0 Å². The molecule has 0 spiro atoms. The number of nitrogens with one attached hydrogen (secondary N) is 2. The van der Waals surface area contributed by atoms with Gasteiger partial charge in [0.2, 0.25) is 17.8 Å². The number of para-hydroxylation sites is 2. The van der Waals surface area contributed by atoms with Crippen LogP contribution in [-0.2, 0) is 9.59 Å². The Morgan fingerprint density at radius 1 is 0.727 bits per heavy atom. The monoisotopic (exact) mass is 482 g/mol. The maximum absolute atomic E-state index is 12.3. The van der Waals surface area contributed by atoms with Gasteiger partial charge in [0.15, 0.2) is 10.3 Å². The minimum absolute atomic E-state index is 0.146. The van der Waals surface area contributed by atoms with Crippen molar-refractivity contribution in [3.05, 3.63) is 60.7 Å².